The largest absolute Gasteiger partial charge is 0.481 e. The van der Waals surface area contributed by atoms with Gasteiger partial charge in [0.2, 0.25) is 5.89 Å². The Bertz CT molecular complexity index is 446. The molecule has 1 aromatic rings. The van der Waals surface area contributed by atoms with Crippen molar-refractivity contribution in [1.29, 1.82) is 0 Å². The van der Waals surface area contributed by atoms with Crippen molar-refractivity contribution in [2.75, 3.05) is 13.2 Å². The van der Waals surface area contributed by atoms with Crippen molar-refractivity contribution in [3.63, 3.8) is 0 Å². The fourth-order valence-corrected chi connectivity index (χ4v) is 2.85. The Morgan fingerprint density at radius 2 is 2.25 bits per heavy atom. The number of hydrogen-bond donors (Lipinski definition) is 1. The van der Waals surface area contributed by atoms with Crippen LogP contribution in [0.3, 0.4) is 0 Å². The molecule has 20 heavy (non-hydrogen) atoms. The van der Waals surface area contributed by atoms with Gasteiger partial charge in [0.25, 0.3) is 0 Å². The second-order valence-electron chi connectivity index (χ2n) is 5.29. The third kappa shape index (κ3) is 3.36. The standard InChI is InChI=1S/C14H22N2O4/c1-3-9-7-10(11(8-9)14(17)18)13-15-12(16-20-13)5-6-19-4-2/h9-11H,3-8H2,1-2H3,(H,17,18). The highest BCUT2D eigenvalue weighted by Gasteiger charge is 2.41. The van der Waals surface area contributed by atoms with Crippen LogP contribution in [0, 0.1) is 11.8 Å². The summed E-state index contributed by atoms with van der Waals surface area (Å²) in [6, 6.07) is 0. The highest BCUT2D eigenvalue weighted by atomic mass is 16.5. The number of aromatic nitrogens is 2. The number of carbonyl (C=O) groups is 1. The fraction of sp³-hybridized carbons (Fsp3) is 0.786. The van der Waals surface area contributed by atoms with E-state index in [0.29, 0.717) is 43.7 Å². The topological polar surface area (TPSA) is 85.5 Å². The molecule has 6 heteroatoms. The highest BCUT2D eigenvalue weighted by Crippen LogP contribution is 2.43. The SMILES string of the molecule is CCOCCc1noc(C2CC(CC)CC2C(=O)O)n1. The van der Waals surface area contributed by atoms with E-state index in [2.05, 4.69) is 17.1 Å². The molecule has 1 saturated carbocycles. The molecule has 0 radical (unpaired) electrons. The monoisotopic (exact) mass is 282 g/mol. The molecule has 1 aliphatic carbocycles. The molecule has 6 nitrogen and oxygen atoms in total. The molecular formula is C14H22N2O4. The molecule has 1 aliphatic rings. The molecule has 1 N–H and O–H groups in total. The van der Waals surface area contributed by atoms with Crippen molar-refractivity contribution in [3.05, 3.63) is 11.7 Å². The van der Waals surface area contributed by atoms with Crippen LogP contribution in [0.15, 0.2) is 4.52 Å². The summed E-state index contributed by atoms with van der Waals surface area (Å²) >= 11 is 0. The van der Waals surface area contributed by atoms with E-state index >= 15 is 0 Å². The number of rotatable bonds is 7. The summed E-state index contributed by atoms with van der Waals surface area (Å²) in [7, 11) is 0. The van der Waals surface area contributed by atoms with Gasteiger partial charge in [-0.25, -0.2) is 0 Å². The van der Waals surface area contributed by atoms with Crippen LogP contribution in [0.5, 0.6) is 0 Å². The third-order valence-corrected chi connectivity index (χ3v) is 4.03. The van der Waals surface area contributed by atoms with Crippen LogP contribution in [0.4, 0.5) is 0 Å². The van der Waals surface area contributed by atoms with Crippen molar-refractivity contribution in [2.24, 2.45) is 11.8 Å². The summed E-state index contributed by atoms with van der Waals surface area (Å²) in [6.07, 6.45) is 3.11. The van der Waals surface area contributed by atoms with Crippen molar-refractivity contribution in [1.82, 2.24) is 10.1 Å². The molecular weight excluding hydrogens is 260 g/mol. The van der Waals surface area contributed by atoms with Crippen molar-refractivity contribution in [3.8, 4) is 0 Å². The zero-order valence-electron chi connectivity index (χ0n) is 12.0. The molecule has 3 unspecified atom stereocenters. The maximum atomic E-state index is 11.4. The summed E-state index contributed by atoms with van der Waals surface area (Å²) in [5, 5.41) is 13.2. The van der Waals surface area contributed by atoms with Crippen LogP contribution in [0.2, 0.25) is 0 Å². The van der Waals surface area contributed by atoms with Gasteiger partial charge >= 0.3 is 5.97 Å². The van der Waals surface area contributed by atoms with Gasteiger partial charge in [-0.15, -0.1) is 0 Å². The highest BCUT2D eigenvalue weighted by molar-refractivity contribution is 5.71. The number of ether oxygens (including phenoxy) is 1. The summed E-state index contributed by atoms with van der Waals surface area (Å²) in [4.78, 5) is 15.7. The van der Waals surface area contributed by atoms with Gasteiger partial charge in [-0.2, -0.15) is 4.98 Å². The van der Waals surface area contributed by atoms with Gasteiger partial charge in [0, 0.05) is 13.0 Å². The molecule has 0 spiro atoms. The van der Waals surface area contributed by atoms with Crippen LogP contribution in [-0.4, -0.2) is 34.4 Å². The minimum atomic E-state index is -0.764. The van der Waals surface area contributed by atoms with E-state index in [0.717, 1.165) is 12.8 Å². The molecule has 0 aliphatic heterocycles. The molecule has 1 fully saturated rings. The Hall–Kier alpha value is -1.43. The molecule has 0 saturated heterocycles. The van der Waals surface area contributed by atoms with Gasteiger partial charge in [0.15, 0.2) is 5.82 Å². The lowest BCUT2D eigenvalue weighted by atomic mass is 9.96. The Kier molecular flexibility index (Phi) is 5.11. The van der Waals surface area contributed by atoms with Gasteiger partial charge in [0.1, 0.15) is 0 Å². The Labute approximate surface area is 118 Å². The number of carboxylic acids is 1. The molecule has 112 valence electrons. The van der Waals surface area contributed by atoms with Crippen LogP contribution >= 0.6 is 0 Å². The molecule has 2 rings (SSSR count). The van der Waals surface area contributed by atoms with Crippen LogP contribution in [0.25, 0.3) is 0 Å². The second kappa shape index (κ2) is 6.83. The second-order valence-corrected chi connectivity index (χ2v) is 5.29. The quantitative estimate of drug-likeness (QED) is 0.772. The summed E-state index contributed by atoms with van der Waals surface area (Å²) in [6.45, 7) is 5.24. The zero-order chi connectivity index (χ0) is 14.5. The molecule has 0 amide bonds. The molecule has 3 atom stereocenters. The van der Waals surface area contributed by atoms with Gasteiger partial charge in [-0.05, 0) is 25.7 Å². The average Bonchev–Trinajstić information content (AvgIpc) is 3.04. The summed E-state index contributed by atoms with van der Waals surface area (Å²) in [5.41, 5.74) is 0. The molecule has 0 aromatic carbocycles. The van der Waals surface area contributed by atoms with E-state index < -0.39 is 11.9 Å². The lowest BCUT2D eigenvalue weighted by Gasteiger charge is -2.09. The van der Waals surface area contributed by atoms with Crippen LogP contribution in [0.1, 0.15) is 50.7 Å². The van der Waals surface area contributed by atoms with Crippen LogP contribution < -0.4 is 0 Å². The predicted octanol–water partition coefficient (Wildman–Crippen LogP) is 2.25. The van der Waals surface area contributed by atoms with E-state index in [9.17, 15) is 9.90 Å². The van der Waals surface area contributed by atoms with Gasteiger partial charge in [-0.3, -0.25) is 4.79 Å². The Morgan fingerprint density at radius 1 is 1.45 bits per heavy atom. The fourth-order valence-electron chi connectivity index (χ4n) is 2.85. The van der Waals surface area contributed by atoms with E-state index in [1.165, 1.54) is 0 Å². The summed E-state index contributed by atoms with van der Waals surface area (Å²) in [5.74, 6) is 0.184. The third-order valence-electron chi connectivity index (χ3n) is 4.03. The summed E-state index contributed by atoms with van der Waals surface area (Å²) < 4.78 is 10.5. The first-order valence-corrected chi connectivity index (χ1v) is 7.28. The number of aliphatic carboxylic acids is 1. The van der Waals surface area contributed by atoms with E-state index in [1.807, 2.05) is 6.92 Å². The Balaban J connectivity index is 2.04. The van der Waals surface area contributed by atoms with E-state index in [1.54, 1.807) is 0 Å². The minimum Gasteiger partial charge on any atom is -0.481 e. The van der Waals surface area contributed by atoms with Crippen molar-refractivity contribution >= 4 is 5.97 Å². The maximum absolute atomic E-state index is 11.4. The van der Waals surface area contributed by atoms with Gasteiger partial charge in [0.05, 0.1) is 18.4 Å². The first-order chi connectivity index (χ1) is 9.65. The number of nitrogens with zero attached hydrogens (tertiary/aromatic N) is 2. The first kappa shape index (κ1) is 15.0. The number of hydrogen-bond acceptors (Lipinski definition) is 5. The lowest BCUT2D eigenvalue weighted by Crippen LogP contribution is -2.17. The lowest BCUT2D eigenvalue weighted by molar-refractivity contribution is -0.142. The number of carboxylic acid groups (broad SMARTS) is 1. The predicted molar refractivity (Wildman–Crippen MR) is 71.4 cm³/mol. The van der Waals surface area contributed by atoms with Gasteiger partial charge in [-0.1, -0.05) is 18.5 Å². The molecule has 1 heterocycles. The van der Waals surface area contributed by atoms with Crippen molar-refractivity contribution < 1.29 is 19.2 Å². The van der Waals surface area contributed by atoms with E-state index in [4.69, 9.17) is 9.26 Å². The van der Waals surface area contributed by atoms with Crippen molar-refractivity contribution in [2.45, 2.75) is 45.4 Å². The molecule has 1 aromatic heterocycles. The van der Waals surface area contributed by atoms with Crippen LogP contribution in [-0.2, 0) is 16.0 Å². The van der Waals surface area contributed by atoms with E-state index in [-0.39, 0.29) is 5.92 Å². The smallest absolute Gasteiger partial charge is 0.307 e. The normalized spacial score (nSPS) is 26.0. The average molecular weight is 282 g/mol. The first-order valence-electron chi connectivity index (χ1n) is 7.28. The van der Waals surface area contributed by atoms with Gasteiger partial charge < -0.3 is 14.4 Å². The minimum absolute atomic E-state index is 0.147. The Morgan fingerprint density at radius 3 is 2.90 bits per heavy atom. The zero-order valence-corrected chi connectivity index (χ0v) is 12.0. The molecule has 0 bridgehead atoms. The maximum Gasteiger partial charge on any atom is 0.307 e.